The van der Waals surface area contributed by atoms with Crippen LogP contribution in [0.25, 0.3) is 0 Å². The molecule has 2 rings (SSSR count). The summed E-state index contributed by atoms with van der Waals surface area (Å²) < 4.78 is 22.8. The molecule has 0 bridgehead atoms. The van der Waals surface area contributed by atoms with E-state index in [-0.39, 0.29) is 18.9 Å². The van der Waals surface area contributed by atoms with Crippen molar-refractivity contribution in [3.63, 3.8) is 0 Å². The van der Waals surface area contributed by atoms with Gasteiger partial charge in [0.25, 0.3) is 0 Å². The molecule has 9 N–H and O–H groups in total. The van der Waals surface area contributed by atoms with E-state index < -0.39 is 86.8 Å². The summed E-state index contributed by atoms with van der Waals surface area (Å²) in [6.45, 7) is 2.66. The van der Waals surface area contributed by atoms with E-state index in [0.29, 0.717) is 6.42 Å². The highest BCUT2D eigenvalue weighted by molar-refractivity contribution is 5.76. The fourth-order valence-corrected chi connectivity index (χ4v) is 10.8. The van der Waals surface area contributed by atoms with Crippen molar-refractivity contribution in [3.05, 3.63) is 97.2 Å². The topological polar surface area (TPSA) is 228 Å². The van der Waals surface area contributed by atoms with Crippen LogP contribution in [0.1, 0.15) is 258 Å². The number of aliphatic hydroxyl groups excluding tert-OH is 8. The van der Waals surface area contributed by atoms with Gasteiger partial charge in [0, 0.05) is 6.42 Å². The van der Waals surface area contributed by atoms with Gasteiger partial charge in [-0.25, -0.2) is 0 Å². The molecule has 2 fully saturated rings. The Hall–Kier alpha value is -3.09. The number of rotatable bonds is 55. The van der Waals surface area contributed by atoms with Crippen LogP contribution >= 0.6 is 0 Å². The molecule has 12 atom stereocenters. The van der Waals surface area contributed by atoms with E-state index in [4.69, 9.17) is 18.9 Å². The predicted octanol–water partition coefficient (Wildman–Crippen LogP) is 13.8. The Labute approximate surface area is 522 Å². The average Bonchev–Trinajstić information content (AvgIpc) is 1.60. The Kier molecular flexibility index (Phi) is 51.4. The van der Waals surface area contributed by atoms with Crippen LogP contribution in [0.5, 0.6) is 0 Å². The third-order valence-electron chi connectivity index (χ3n) is 16.3. The number of carbonyl (C=O) groups is 1. The van der Waals surface area contributed by atoms with E-state index in [2.05, 4.69) is 104 Å². The molecule has 14 nitrogen and oxygen atoms in total. The van der Waals surface area contributed by atoms with Gasteiger partial charge in [0.15, 0.2) is 12.6 Å². The largest absolute Gasteiger partial charge is 0.394 e. The van der Waals surface area contributed by atoms with Crippen molar-refractivity contribution in [2.75, 3.05) is 19.8 Å². The molecule has 0 aromatic rings. The third kappa shape index (κ3) is 39.8. The van der Waals surface area contributed by atoms with Crippen molar-refractivity contribution in [3.8, 4) is 0 Å². The molecule has 0 aliphatic carbocycles. The first-order valence-corrected chi connectivity index (χ1v) is 34.5. The normalized spacial score (nSPS) is 24.0. The van der Waals surface area contributed by atoms with E-state index in [1.54, 1.807) is 6.08 Å². The van der Waals surface area contributed by atoms with Gasteiger partial charge in [-0.3, -0.25) is 4.79 Å². The zero-order valence-corrected chi connectivity index (χ0v) is 53.8. The van der Waals surface area contributed by atoms with Gasteiger partial charge in [-0.2, -0.15) is 0 Å². The quantitative estimate of drug-likeness (QED) is 0.0204. The Morgan fingerprint density at radius 1 is 0.430 bits per heavy atom. The number of carbonyl (C=O) groups excluding carboxylic acids is 1. The number of hydrogen-bond acceptors (Lipinski definition) is 13. The van der Waals surface area contributed by atoms with Gasteiger partial charge in [0.2, 0.25) is 5.91 Å². The monoisotopic (exact) mass is 1210 g/mol. The van der Waals surface area contributed by atoms with Crippen LogP contribution in [-0.2, 0) is 23.7 Å². The molecule has 12 unspecified atom stereocenters. The molecule has 14 heteroatoms. The maximum atomic E-state index is 13.3. The molecule has 1 amide bonds. The number of unbranched alkanes of at least 4 members (excludes halogenated alkanes) is 28. The summed E-state index contributed by atoms with van der Waals surface area (Å²) in [5.41, 5.74) is 0. The molecule has 0 saturated carbocycles. The molecule has 0 radical (unpaired) electrons. The minimum Gasteiger partial charge on any atom is -0.394 e. The molecule has 0 aromatic heterocycles. The highest BCUT2D eigenvalue weighted by Crippen LogP contribution is 2.30. The minimum atomic E-state index is -1.79. The van der Waals surface area contributed by atoms with Crippen molar-refractivity contribution >= 4 is 5.91 Å². The van der Waals surface area contributed by atoms with Crippen molar-refractivity contribution in [1.82, 2.24) is 5.32 Å². The van der Waals surface area contributed by atoms with Gasteiger partial charge >= 0.3 is 0 Å². The highest BCUT2D eigenvalue weighted by Gasteiger charge is 2.51. The number of ether oxygens (including phenoxy) is 4. The molecule has 496 valence electrons. The van der Waals surface area contributed by atoms with Crippen LogP contribution in [0.2, 0.25) is 0 Å². The van der Waals surface area contributed by atoms with Gasteiger partial charge in [-0.15, -0.1) is 0 Å². The van der Waals surface area contributed by atoms with Crippen molar-refractivity contribution in [1.29, 1.82) is 0 Å². The molecule has 2 aliphatic heterocycles. The first kappa shape index (κ1) is 79.0. The van der Waals surface area contributed by atoms with Crippen molar-refractivity contribution in [2.24, 2.45) is 0 Å². The maximum absolute atomic E-state index is 13.3. The lowest BCUT2D eigenvalue weighted by atomic mass is 9.97. The third-order valence-corrected chi connectivity index (χ3v) is 16.3. The SMILES string of the molecule is CC/C=C\C/C=C\C/C=C\C/C=C\C/C=C\C/C=C\C/C=C\CCCCCCCCCCCCCCCCCCCCCC(=O)NC(COC1OC(CO)C(OC2OC(CO)C(O)C(O)C2O)C(O)C1O)C(O)/C=C/CCCCCCCCCCC. The fourth-order valence-electron chi connectivity index (χ4n) is 10.8. The van der Waals surface area contributed by atoms with Crippen LogP contribution < -0.4 is 5.32 Å². The first-order valence-electron chi connectivity index (χ1n) is 34.5. The summed E-state index contributed by atoms with van der Waals surface area (Å²) in [6, 6.07) is -0.916. The summed E-state index contributed by atoms with van der Waals surface area (Å²) in [4.78, 5) is 13.3. The van der Waals surface area contributed by atoms with Crippen molar-refractivity contribution in [2.45, 2.75) is 331 Å². The van der Waals surface area contributed by atoms with Crippen LogP contribution in [-0.4, -0.2) is 140 Å². The van der Waals surface area contributed by atoms with E-state index in [0.717, 1.165) is 83.5 Å². The molecule has 2 aliphatic rings. The second kappa shape index (κ2) is 55.9. The average molecular weight is 1210 g/mol. The Morgan fingerprint density at radius 2 is 0.802 bits per heavy atom. The molecular weight excluding hydrogens is 1090 g/mol. The molecule has 0 spiro atoms. The summed E-state index contributed by atoms with van der Waals surface area (Å²) >= 11 is 0. The van der Waals surface area contributed by atoms with Crippen LogP contribution in [0, 0.1) is 0 Å². The first-order chi connectivity index (χ1) is 42.1. The van der Waals surface area contributed by atoms with Crippen LogP contribution in [0.3, 0.4) is 0 Å². The van der Waals surface area contributed by atoms with Crippen LogP contribution in [0.15, 0.2) is 97.2 Å². The second-order valence-electron chi connectivity index (χ2n) is 23.9. The fraction of sp³-hybridized carbons (Fsp3) is 0.764. The second-order valence-corrected chi connectivity index (χ2v) is 23.9. The number of nitrogens with one attached hydrogen (secondary N) is 1. The standard InChI is InChI=1S/C72H125NO13/c1-3-5-7-9-11-13-15-16-17-18-19-20-21-22-23-24-25-26-27-28-29-30-31-32-33-34-35-36-37-38-39-40-41-42-43-44-46-48-50-52-54-56-64(77)73-60(61(76)55-53-51-49-47-45-14-12-10-8-6-4-2)59-83-71-69(82)67(80)70(63(58-75)85-71)86-72-68(81)66(79)65(78)62(57-74)84-72/h5,7,11,13,16-17,19-20,22-23,25-26,28-29,53,55,60-63,65-72,74-76,78-82H,3-4,6,8-10,12,14-15,18,21,24,27,30-52,54,56-59H2,1-2H3,(H,73,77)/b7-5-,13-11-,17-16-,20-19-,23-22-,26-25-,29-28-,55-53+. The molecule has 2 heterocycles. The lowest BCUT2D eigenvalue weighted by molar-refractivity contribution is -0.359. The van der Waals surface area contributed by atoms with Gasteiger partial charge in [-0.05, 0) is 77.0 Å². The Balaban J connectivity index is 1.54. The number of aliphatic hydroxyl groups is 8. The summed E-state index contributed by atoms with van der Waals surface area (Å²) in [7, 11) is 0. The lowest BCUT2D eigenvalue weighted by Crippen LogP contribution is -2.65. The Bertz CT molecular complexity index is 1810. The molecule has 86 heavy (non-hydrogen) atoms. The van der Waals surface area contributed by atoms with Gasteiger partial charge in [0.05, 0.1) is 32.0 Å². The van der Waals surface area contributed by atoms with E-state index in [1.165, 1.54) is 148 Å². The molecular formula is C72H125NO13. The number of hydrogen-bond donors (Lipinski definition) is 9. The summed E-state index contributed by atoms with van der Waals surface area (Å²) in [5.74, 6) is -0.241. The zero-order chi connectivity index (χ0) is 62.3. The van der Waals surface area contributed by atoms with Crippen LogP contribution in [0.4, 0.5) is 0 Å². The highest BCUT2D eigenvalue weighted by atomic mass is 16.7. The van der Waals surface area contributed by atoms with Gasteiger partial charge < -0.3 is 65.1 Å². The Morgan fingerprint density at radius 3 is 1.23 bits per heavy atom. The maximum Gasteiger partial charge on any atom is 0.220 e. The van der Waals surface area contributed by atoms with E-state index in [1.807, 2.05) is 6.08 Å². The van der Waals surface area contributed by atoms with Crippen molar-refractivity contribution < 1.29 is 64.6 Å². The van der Waals surface area contributed by atoms with E-state index in [9.17, 15) is 45.6 Å². The summed E-state index contributed by atoms with van der Waals surface area (Å²) in [5, 5.41) is 87.1. The zero-order valence-electron chi connectivity index (χ0n) is 53.8. The molecule has 2 saturated heterocycles. The number of amides is 1. The van der Waals surface area contributed by atoms with E-state index >= 15 is 0 Å². The predicted molar refractivity (Wildman–Crippen MR) is 350 cm³/mol. The lowest BCUT2D eigenvalue weighted by Gasteiger charge is -2.46. The minimum absolute atomic E-state index is 0.241. The summed E-state index contributed by atoms with van der Waals surface area (Å²) in [6.07, 6.45) is 62.0. The van der Waals surface area contributed by atoms with Gasteiger partial charge in [0.1, 0.15) is 48.8 Å². The van der Waals surface area contributed by atoms with Gasteiger partial charge in [-0.1, -0.05) is 272 Å². The smallest absolute Gasteiger partial charge is 0.220 e. The number of allylic oxidation sites excluding steroid dienone is 15. The molecule has 0 aromatic carbocycles.